The van der Waals surface area contributed by atoms with E-state index in [2.05, 4.69) is 0 Å². The normalized spacial score (nSPS) is 10.7. The molecule has 0 saturated heterocycles. The van der Waals surface area contributed by atoms with Crippen LogP contribution in [0.1, 0.15) is 23.0 Å². The van der Waals surface area contributed by atoms with Crippen molar-refractivity contribution in [2.24, 2.45) is 0 Å². The highest BCUT2D eigenvalue weighted by molar-refractivity contribution is 6.04. The smallest absolute Gasteiger partial charge is 0.338 e. The molecule has 19 heavy (non-hydrogen) atoms. The zero-order chi connectivity index (χ0) is 14.2. The Morgan fingerprint density at radius 2 is 2.16 bits per heavy atom. The number of fused-ring (bicyclic) bond motifs is 1. The summed E-state index contributed by atoms with van der Waals surface area (Å²) in [6, 6.07) is 3.89. The van der Waals surface area contributed by atoms with Gasteiger partial charge in [0.05, 0.1) is 16.6 Å². The van der Waals surface area contributed by atoms with E-state index in [-0.39, 0.29) is 28.6 Å². The third-order valence-electron chi connectivity index (χ3n) is 2.82. The van der Waals surface area contributed by atoms with Gasteiger partial charge in [0, 0.05) is 5.39 Å². The van der Waals surface area contributed by atoms with Crippen molar-refractivity contribution in [2.75, 3.05) is 6.61 Å². The van der Waals surface area contributed by atoms with Crippen LogP contribution in [-0.4, -0.2) is 22.4 Å². The van der Waals surface area contributed by atoms with Gasteiger partial charge in [-0.3, -0.25) is 4.79 Å². The minimum atomic E-state index is -1.23. The average Bonchev–Trinajstić information content (AvgIpc) is 2.34. The van der Waals surface area contributed by atoms with Gasteiger partial charge in [0.25, 0.3) is 5.56 Å². The number of carboxylic acids is 1. The largest absolute Gasteiger partial charge is 0.478 e. The summed E-state index contributed by atoms with van der Waals surface area (Å²) >= 11 is 0. The maximum absolute atomic E-state index is 13.8. The quantitative estimate of drug-likeness (QED) is 0.915. The molecule has 0 aliphatic heterocycles. The van der Waals surface area contributed by atoms with E-state index in [1.54, 1.807) is 6.92 Å². The second-order valence-corrected chi connectivity index (χ2v) is 3.95. The number of aromatic carboxylic acids is 1. The van der Waals surface area contributed by atoms with Gasteiger partial charge in [-0.25, -0.2) is 9.18 Å². The van der Waals surface area contributed by atoms with Crippen LogP contribution < -0.4 is 10.4 Å². The topological polar surface area (TPSA) is 68.5 Å². The number of hydrogen-bond donors (Lipinski definition) is 1. The van der Waals surface area contributed by atoms with E-state index < -0.39 is 17.3 Å². The highest BCUT2D eigenvalue weighted by Crippen LogP contribution is 2.21. The van der Waals surface area contributed by atoms with E-state index in [1.165, 1.54) is 19.1 Å². The van der Waals surface area contributed by atoms with Gasteiger partial charge in [-0.15, -0.1) is 4.73 Å². The molecule has 0 aliphatic rings. The van der Waals surface area contributed by atoms with Crippen molar-refractivity contribution in [1.29, 1.82) is 0 Å². The molecule has 0 aliphatic carbocycles. The van der Waals surface area contributed by atoms with Crippen LogP contribution in [0.5, 0.6) is 0 Å². The number of nitrogens with zero attached hydrogens (tertiary/aromatic N) is 1. The predicted molar refractivity (Wildman–Crippen MR) is 67.0 cm³/mol. The lowest BCUT2D eigenvalue weighted by molar-refractivity contribution is 0.0684. The zero-order valence-corrected chi connectivity index (χ0v) is 10.4. The van der Waals surface area contributed by atoms with Crippen LogP contribution >= 0.6 is 0 Å². The molecule has 0 unspecified atom stereocenters. The molecule has 0 spiro atoms. The molecule has 1 aromatic carbocycles. The molecule has 1 N–H and O–H groups in total. The van der Waals surface area contributed by atoms with E-state index in [0.29, 0.717) is 0 Å². The van der Waals surface area contributed by atoms with E-state index in [1.807, 2.05) is 0 Å². The summed E-state index contributed by atoms with van der Waals surface area (Å²) < 4.78 is 14.6. The molecule has 0 radical (unpaired) electrons. The Kier molecular flexibility index (Phi) is 3.25. The predicted octanol–water partition coefficient (Wildman–Crippen LogP) is 1.60. The zero-order valence-electron chi connectivity index (χ0n) is 10.4. The molecule has 2 aromatic rings. The number of carboxylic acid groups (broad SMARTS) is 1. The van der Waals surface area contributed by atoms with Gasteiger partial charge < -0.3 is 9.94 Å². The first-order valence-electron chi connectivity index (χ1n) is 5.69. The van der Waals surface area contributed by atoms with Crippen molar-refractivity contribution in [3.63, 3.8) is 0 Å². The molecule has 0 saturated carbocycles. The molecule has 2 rings (SSSR count). The van der Waals surface area contributed by atoms with E-state index in [0.717, 1.165) is 10.8 Å². The Morgan fingerprint density at radius 1 is 1.47 bits per heavy atom. The van der Waals surface area contributed by atoms with E-state index >= 15 is 0 Å². The minimum Gasteiger partial charge on any atom is -0.478 e. The molecule has 6 heteroatoms. The van der Waals surface area contributed by atoms with Crippen LogP contribution in [0.4, 0.5) is 4.39 Å². The van der Waals surface area contributed by atoms with Crippen molar-refractivity contribution in [3.05, 3.63) is 45.6 Å². The highest BCUT2D eigenvalue weighted by atomic mass is 19.1. The number of aromatic nitrogens is 1. The first-order valence-corrected chi connectivity index (χ1v) is 5.69. The molecule has 0 amide bonds. The van der Waals surface area contributed by atoms with Crippen molar-refractivity contribution >= 4 is 16.7 Å². The third-order valence-corrected chi connectivity index (χ3v) is 2.82. The van der Waals surface area contributed by atoms with Crippen molar-refractivity contribution in [2.45, 2.75) is 13.8 Å². The Hall–Kier alpha value is -2.37. The van der Waals surface area contributed by atoms with Crippen LogP contribution in [0.2, 0.25) is 0 Å². The highest BCUT2D eigenvalue weighted by Gasteiger charge is 2.21. The molecule has 100 valence electrons. The summed E-state index contributed by atoms with van der Waals surface area (Å²) in [6.07, 6.45) is 0. The van der Waals surface area contributed by atoms with E-state index in [9.17, 15) is 19.1 Å². The number of hydrogen-bond acceptors (Lipinski definition) is 3. The fourth-order valence-electron chi connectivity index (χ4n) is 2.05. The van der Waals surface area contributed by atoms with Crippen LogP contribution in [-0.2, 0) is 0 Å². The Labute approximate surface area is 107 Å². The van der Waals surface area contributed by atoms with Crippen molar-refractivity contribution in [3.8, 4) is 0 Å². The number of pyridine rings is 1. The van der Waals surface area contributed by atoms with Crippen LogP contribution in [0.15, 0.2) is 23.0 Å². The number of carbonyl (C=O) groups is 1. The number of rotatable bonds is 3. The van der Waals surface area contributed by atoms with Crippen LogP contribution in [0.25, 0.3) is 10.8 Å². The number of halogens is 1. The first kappa shape index (κ1) is 13.1. The molecule has 1 aromatic heterocycles. The fourth-order valence-corrected chi connectivity index (χ4v) is 2.05. The van der Waals surface area contributed by atoms with Gasteiger partial charge in [-0.05, 0) is 19.9 Å². The lowest BCUT2D eigenvalue weighted by Gasteiger charge is -2.14. The number of benzene rings is 1. The van der Waals surface area contributed by atoms with Crippen LogP contribution in [0.3, 0.4) is 0 Å². The molecular weight excluding hydrogens is 253 g/mol. The summed E-state index contributed by atoms with van der Waals surface area (Å²) in [5.74, 6) is -2.00. The standard InChI is InChI=1S/C13H12FNO4/c1-3-19-15-7(2)10(13(17)18)8-5-4-6-9(14)11(8)12(15)16/h4-6H,3H2,1-2H3,(H,17,18). The maximum Gasteiger partial charge on any atom is 0.338 e. The van der Waals surface area contributed by atoms with Gasteiger partial charge in [-0.1, -0.05) is 12.1 Å². The van der Waals surface area contributed by atoms with Crippen molar-refractivity contribution < 1.29 is 19.1 Å². The summed E-state index contributed by atoms with van der Waals surface area (Å²) in [5.41, 5.74) is -0.697. The average molecular weight is 265 g/mol. The molecule has 0 bridgehead atoms. The van der Waals surface area contributed by atoms with Gasteiger partial charge in [0.1, 0.15) is 12.4 Å². The molecular formula is C13H12FNO4. The SMILES string of the molecule is CCOn1c(C)c(C(=O)O)c2cccc(F)c2c1=O. The maximum atomic E-state index is 13.8. The van der Waals surface area contributed by atoms with E-state index in [4.69, 9.17) is 4.84 Å². The first-order chi connectivity index (χ1) is 8.99. The Morgan fingerprint density at radius 3 is 2.74 bits per heavy atom. The monoisotopic (exact) mass is 265 g/mol. The lowest BCUT2D eigenvalue weighted by Crippen LogP contribution is -2.31. The second kappa shape index (κ2) is 4.72. The summed E-state index contributed by atoms with van der Waals surface area (Å²) in [5, 5.41) is 9.04. The molecule has 1 heterocycles. The van der Waals surface area contributed by atoms with Gasteiger partial charge >= 0.3 is 5.97 Å². The fraction of sp³-hybridized carbons (Fsp3) is 0.231. The third kappa shape index (κ3) is 1.95. The van der Waals surface area contributed by atoms with Crippen molar-refractivity contribution in [1.82, 2.24) is 4.73 Å². The Balaban J connectivity index is 3.04. The summed E-state index contributed by atoms with van der Waals surface area (Å²) in [4.78, 5) is 28.6. The van der Waals surface area contributed by atoms with Gasteiger partial charge in [0.15, 0.2) is 0 Å². The van der Waals surface area contributed by atoms with Gasteiger partial charge in [-0.2, -0.15) is 0 Å². The Bertz CT molecular complexity index is 721. The summed E-state index contributed by atoms with van der Waals surface area (Å²) in [6.45, 7) is 3.27. The molecule has 0 atom stereocenters. The van der Waals surface area contributed by atoms with Crippen LogP contribution in [0, 0.1) is 12.7 Å². The molecule has 0 fully saturated rings. The molecule has 5 nitrogen and oxygen atoms in total. The second-order valence-electron chi connectivity index (χ2n) is 3.95. The minimum absolute atomic E-state index is 0.0750. The van der Waals surface area contributed by atoms with Gasteiger partial charge in [0.2, 0.25) is 0 Å². The lowest BCUT2D eigenvalue weighted by atomic mass is 10.0. The summed E-state index contributed by atoms with van der Waals surface area (Å²) in [7, 11) is 0.